The van der Waals surface area contributed by atoms with Gasteiger partial charge in [0.1, 0.15) is 17.8 Å². The van der Waals surface area contributed by atoms with Crippen LogP contribution in [-0.2, 0) is 21.4 Å². The maximum absolute atomic E-state index is 13.1. The maximum Gasteiger partial charge on any atom is 0.268 e. The molecule has 4 atom stereocenters. The third-order valence-corrected chi connectivity index (χ3v) is 5.78. The van der Waals surface area contributed by atoms with Crippen LogP contribution in [0.3, 0.4) is 0 Å². The fraction of sp³-hybridized carbons (Fsp3) is 0.556. The van der Waals surface area contributed by atoms with Gasteiger partial charge in [0, 0.05) is 39.3 Å². The molecule has 144 valence electrons. The third kappa shape index (κ3) is 2.87. The van der Waals surface area contributed by atoms with Crippen molar-refractivity contribution in [2.45, 2.75) is 43.9 Å². The number of hydrogen-bond donors (Lipinski definition) is 2. The van der Waals surface area contributed by atoms with Gasteiger partial charge in [-0.2, -0.15) is 0 Å². The number of carbonyl (C=O) groups excluding carboxylic acids is 4. The van der Waals surface area contributed by atoms with Crippen LogP contribution in [0.4, 0.5) is 0 Å². The van der Waals surface area contributed by atoms with Crippen LogP contribution >= 0.6 is 0 Å². The molecule has 4 rings (SSSR count). The predicted molar refractivity (Wildman–Crippen MR) is 94.5 cm³/mol. The van der Waals surface area contributed by atoms with Gasteiger partial charge >= 0.3 is 0 Å². The number of hydrogen-bond acceptors (Lipinski definition) is 4. The molecule has 0 saturated carbocycles. The molecular formula is C18H23N5O4. The summed E-state index contributed by atoms with van der Waals surface area (Å²) in [6.07, 6.45) is 2.73. The van der Waals surface area contributed by atoms with E-state index in [4.69, 9.17) is 0 Å². The number of carbonyl (C=O) groups is 4. The van der Waals surface area contributed by atoms with E-state index in [1.54, 1.807) is 29.9 Å². The quantitative estimate of drug-likeness (QED) is 0.683. The van der Waals surface area contributed by atoms with Gasteiger partial charge in [-0.3, -0.25) is 19.2 Å². The molecule has 1 aromatic rings. The second-order valence-corrected chi connectivity index (χ2v) is 7.48. The molecule has 3 aliphatic heterocycles. The van der Waals surface area contributed by atoms with Crippen molar-refractivity contribution in [3.8, 4) is 0 Å². The van der Waals surface area contributed by atoms with E-state index in [1.807, 2.05) is 0 Å². The Labute approximate surface area is 156 Å². The van der Waals surface area contributed by atoms with Gasteiger partial charge in [0.15, 0.2) is 0 Å². The molecule has 27 heavy (non-hydrogen) atoms. The molecule has 3 aliphatic rings. The number of nitrogens with one attached hydrogen (secondary N) is 2. The summed E-state index contributed by atoms with van der Waals surface area (Å²) < 4.78 is 1.72. The highest BCUT2D eigenvalue weighted by molar-refractivity contribution is 5.97. The molecule has 4 amide bonds. The maximum atomic E-state index is 13.1. The van der Waals surface area contributed by atoms with Crippen molar-refractivity contribution in [1.82, 2.24) is 25.0 Å². The van der Waals surface area contributed by atoms with Crippen LogP contribution in [0.25, 0.3) is 0 Å². The normalized spacial score (nSPS) is 29.9. The summed E-state index contributed by atoms with van der Waals surface area (Å²) in [6, 6.07) is 1.58. The third-order valence-electron chi connectivity index (χ3n) is 5.78. The topological polar surface area (TPSA) is 104 Å². The van der Waals surface area contributed by atoms with Crippen molar-refractivity contribution in [3.05, 3.63) is 24.0 Å². The minimum atomic E-state index is -0.654. The first-order valence-corrected chi connectivity index (χ1v) is 9.17. The standard InChI is InChI=1S/C18H23N5O4/c1-10(24)22-7-5-12-15(22)18(27)23-9-11(8-14(23)17(26)20-12)19-16(25)13-4-3-6-21(13)2/h3-4,6,11-12,14-15H,5,7-9H2,1-2H3,(H,19,25)(H,20,26)/t11-,12-,14+,15-/m0/s1. The average molecular weight is 373 g/mol. The summed E-state index contributed by atoms with van der Waals surface area (Å²) in [5, 5.41) is 5.85. The van der Waals surface area contributed by atoms with Gasteiger partial charge in [-0.25, -0.2) is 0 Å². The molecular weight excluding hydrogens is 350 g/mol. The van der Waals surface area contributed by atoms with E-state index in [2.05, 4.69) is 10.6 Å². The molecule has 9 heteroatoms. The largest absolute Gasteiger partial charge is 0.349 e. The monoisotopic (exact) mass is 373 g/mol. The Hall–Kier alpha value is -2.84. The number of fused-ring (bicyclic) bond motifs is 2. The van der Waals surface area contributed by atoms with Crippen molar-refractivity contribution in [2.75, 3.05) is 13.1 Å². The number of amides is 4. The van der Waals surface area contributed by atoms with Gasteiger partial charge in [-0.1, -0.05) is 0 Å². The molecule has 9 nitrogen and oxygen atoms in total. The van der Waals surface area contributed by atoms with Crippen LogP contribution < -0.4 is 10.6 Å². The van der Waals surface area contributed by atoms with Gasteiger partial charge in [0.25, 0.3) is 5.91 Å². The minimum absolute atomic E-state index is 0.170. The molecule has 2 N–H and O–H groups in total. The summed E-state index contributed by atoms with van der Waals surface area (Å²) >= 11 is 0. The van der Waals surface area contributed by atoms with Gasteiger partial charge in [-0.05, 0) is 25.0 Å². The second-order valence-electron chi connectivity index (χ2n) is 7.48. The summed E-state index contributed by atoms with van der Waals surface area (Å²) in [5.74, 6) is -0.832. The first-order chi connectivity index (χ1) is 12.9. The second kappa shape index (κ2) is 6.40. The number of aromatic nitrogens is 1. The highest BCUT2D eigenvalue weighted by atomic mass is 16.2. The van der Waals surface area contributed by atoms with Crippen LogP contribution in [0.15, 0.2) is 18.3 Å². The van der Waals surface area contributed by atoms with E-state index in [9.17, 15) is 19.2 Å². The lowest BCUT2D eigenvalue weighted by molar-refractivity contribution is -0.143. The summed E-state index contributed by atoms with van der Waals surface area (Å²) in [7, 11) is 1.78. The van der Waals surface area contributed by atoms with Gasteiger partial charge in [-0.15, -0.1) is 0 Å². The Morgan fingerprint density at radius 3 is 2.74 bits per heavy atom. The number of likely N-dealkylation sites (tertiary alicyclic amines) is 1. The molecule has 0 spiro atoms. The number of rotatable bonds is 2. The van der Waals surface area contributed by atoms with E-state index in [1.165, 1.54) is 16.7 Å². The van der Waals surface area contributed by atoms with Crippen molar-refractivity contribution < 1.29 is 19.2 Å². The fourth-order valence-corrected chi connectivity index (χ4v) is 4.44. The van der Waals surface area contributed by atoms with Crippen molar-refractivity contribution in [3.63, 3.8) is 0 Å². The SMILES string of the molecule is CC(=O)N1CC[C@@H]2NC(=O)[C@H]3C[C@H](NC(=O)c4cccn4C)CN3C(=O)[C@H]21. The number of nitrogens with zero attached hydrogens (tertiary/aromatic N) is 3. The van der Waals surface area contributed by atoms with Crippen molar-refractivity contribution in [2.24, 2.45) is 7.05 Å². The Morgan fingerprint density at radius 1 is 1.30 bits per heavy atom. The average Bonchev–Trinajstić information content (AvgIpc) is 3.30. The Balaban J connectivity index is 1.52. The van der Waals surface area contributed by atoms with Gasteiger partial charge in [0.05, 0.1) is 6.04 Å². The van der Waals surface area contributed by atoms with E-state index in [0.717, 1.165) is 0 Å². The highest BCUT2D eigenvalue weighted by Gasteiger charge is 2.51. The van der Waals surface area contributed by atoms with Crippen LogP contribution in [0.1, 0.15) is 30.3 Å². The summed E-state index contributed by atoms with van der Waals surface area (Å²) in [6.45, 7) is 2.16. The smallest absolute Gasteiger partial charge is 0.268 e. The highest BCUT2D eigenvalue weighted by Crippen LogP contribution is 2.29. The zero-order chi connectivity index (χ0) is 19.3. The van der Waals surface area contributed by atoms with Gasteiger partial charge in [0.2, 0.25) is 17.7 Å². The van der Waals surface area contributed by atoms with Crippen LogP contribution in [0.5, 0.6) is 0 Å². The van der Waals surface area contributed by atoms with Gasteiger partial charge < -0.3 is 25.0 Å². The molecule has 1 aromatic heterocycles. The molecule has 0 aliphatic carbocycles. The minimum Gasteiger partial charge on any atom is -0.349 e. The van der Waals surface area contributed by atoms with Crippen LogP contribution in [0, 0.1) is 0 Å². The van der Waals surface area contributed by atoms with Crippen LogP contribution in [-0.4, -0.2) is 75.3 Å². The molecule has 3 fully saturated rings. The lowest BCUT2D eigenvalue weighted by Crippen LogP contribution is -2.52. The first kappa shape index (κ1) is 17.6. The zero-order valence-corrected chi connectivity index (χ0v) is 15.3. The van der Waals surface area contributed by atoms with Crippen LogP contribution in [0.2, 0.25) is 0 Å². The lowest BCUT2D eigenvalue weighted by Gasteiger charge is -2.28. The Kier molecular flexibility index (Phi) is 4.16. The molecule has 0 aromatic carbocycles. The fourth-order valence-electron chi connectivity index (χ4n) is 4.44. The summed E-state index contributed by atoms with van der Waals surface area (Å²) in [5.41, 5.74) is 0.520. The molecule has 3 saturated heterocycles. The molecule has 0 bridgehead atoms. The lowest BCUT2D eigenvalue weighted by atomic mass is 10.1. The summed E-state index contributed by atoms with van der Waals surface area (Å²) in [4.78, 5) is 53.2. The first-order valence-electron chi connectivity index (χ1n) is 9.17. The zero-order valence-electron chi connectivity index (χ0n) is 15.3. The molecule has 0 unspecified atom stereocenters. The van der Waals surface area contributed by atoms with E-state index < -0.39 is 12.1 Å². The molecule has 0 radical (unpaired) electrons. The van der Waals surface area contributed by atoms with Crippen molar-refractivity contribution >= 4 is 23.6 Å². The molecule has 4 heterocycles. The van der Waals surface area contributed by atoms with E-state index >= 15 is 0 Å². The number of aryl methyl sites for hydroxylation is 1. The Bertz CT molecular complexity index is 818. The van der Waals surface area contributed by atoms with E-state index in [-0.39, 0.29) is 42.3 Å². The predicted octanol–water partition coefficient (Wildman–Crippen LogP) is -1.16. The van der Waals surface area contributed by atoms with Crippen molar-refractivity contribution in [1.29, 1.82) is 0 Å². The Morgan fingerprint density at radius 2 is 2.07 bits per heavy atom. The van der Waals surface area contributed by atoms with E-state index in [0.29, 0.717) is 25.1 Å².